The third-order valence-corrected chi connectivity index (χ3v) is 3.71. The van der Waals surface area contributed by atoms with Gasteiger partial charge in [0.05, 0.1) is 23.7 Å². The predicted octanol–water partition coefficient (Wildman–Crippen LogP) is 4.02. The summed E-state index contributed by atoms with van der Waals surface area (Å²) >= 11 is 6.19. The molecule has 0 aliphatic carbocycles. The van der Waals surface area contributed by atoms with Gasteiger partial charge in [0.25, 0.3) is 0 Å². The van der Waals surface area contributed by atoms with Gasteiger partial charge in [0.15, 0.2) is 0 Å². The van der Waals surface area contributed by atoms with Crippen LogP contribution in [0.25, 0.3) is 0 Å². The summed E-state index contributed by atoms with van der Waals surface area (Å²) in [4.78, 5) is 12.0. The average molecular weight is 304 g/mol. The molecule has 0 bridgehead atoms. The third kappa shape index (κ3) is 3.76. The number of methoxy groups -OCH3 is 1. The summed E-state index contributed by atoms with van der Waals surface area (Å²) in [7, 11) is 1.40. The molecule has 1 unspecified atom stereocenters. The van der Waals surface area contributed by atoms with Crippen LogP contribution in [0, 0.1) is 6.92 Å². The van der Waals surface area contributed by atoms with E-state index in [1.54, 1.807) is 0 Å². The van der Waals surface area contributed by atoms with Crippen LogP contribution >= 0.6 is 11.6 Å². The zero-order valence-electron chi connectivity index (χ0n) is 12.1. The lowest BCUT2D eigenvalue weighted by atomic mass is 9.99. The first-order valence-electron chi connectivity index (χ1n) is 6.75. The van der Waals surface area contributed by atoms with E-state index in [4.69, 9.17) is 16.3 Å². The number of benzene rings is 2. The smallest absolute Gasteiger partial charge is 0.314 e. The fraction of sp³-hybridized carbons (Fsp3) is 0.235. The molecular formula is C17H18ClNO2. The molecular weight excluding hydrogens is 286 g/mol. The number of rotatable bonds is 5. The van der Waals surface area contributed by atoms with E-state index >= 15 is 0 Å². The number of para-hydroxylation sites is 1. The number of hydrogen-bond donors (Lipinski definition) is 1. The number of hydrogen-bond acceptors (Lipinski definition) is 3. The number of aryl methyl sites for hydroxylation is 1. The predicted molar refractivity (Wildman–Crippen MR) is 85.9 cm³/mol. The number of esters is 1. The van der Waals surface area contributed by atoms with Crippen molar-refractivity contribution in [2.45, 2.75) is 12.8 Å². The molecule has 3 nitrogen and oxygen atoms in total. The maximum atomic E-state index is 12.0. The summed E-state index contributed by atoms with van der Waals surface area (Å²) in [6, 6.07) is 15.3. The van der Waals surface area contributed by atoms with E-state index in [-0.39, 0.29) is 11.9 Å². The number of carbonyl (C=O) groups is 1. The van der Waals surface area contributed by atoms with Gasteiger partial charge in [0.2, 0.25) is 0 Å². The molecule has 1 atom stereocenters. The second-order valence-electron chi connectivity index (χ2n) is 4.80. The molecule has 2 aromatic carbocycles. The van der Waals surface area contributed by atoms with Crippen LogP contribution in [0.3, 0.4) is 0 Å². The molecule has 0 amide bonds. The van der Waals surface area contributed by atoms with Gasteiger partial charge in [-0.05, 0) is 24.1 Å². The molecule has 0 saturated heterocycles. The van der Waals surface area contributed by atoms with E-state index in [1.165, 1.54) is 7.11 Å². The van der Waals surface area contributed by atoms with Crippen LogP contribution in [-0.2, 0) is 9.53 Å². The first-order chi connectivity index (χ1) is 10.1. The highest BCUT2D eigenvalue weighted by Crippen LogP contribution is 2.27. The Labute approximate surface area is 129 Å². The highest BCUT2D eigenvalue weighted by atomic mass is 35.5. The molecule has 0 aliphatic heterocycles. The second kappa shape index (κ2) is 7.14. The van der Waals surface area contributed by atoms with Crippen molar-refractivity contribution >= 4 is 23.3 Å². The van der Waals surface area contributed by atoms with E-state index in [0.717, 1.165) is 16.8 Å². The Kier molecular flexibility index (Phi) is 5.23. The van der Waals surface area contributed by atoms with Gasteiger partial charge in [-0.15, -0.1) is 0 Å². The lowest BCUT2D eigenvalue weighted by molar-refractivity contribution is -0.142. The van der Waals surface area contributed by atoms with Crippen LogP contribution in [0.1, 0.15) is 17.0 Å². The summed E-state index contributed by atoms with van der Waals surface area (Å²) in [5.41, 5.74) is 2.81. The zero-order valence-corrected chi connectivity index (χ0v) is 12.9. The quantitative estimate of drug-likeness (QED) is 0.848. The summed E-state index contributed by atoms with van der Waals surface area (Å²) in [6.07, 6.45) is 0. The molecule has 0 radical (unpaired) electrons. The van der Waals surface area contributed by atoms with Crippen molar-refractivity contribution in [3.8, 4) is 0 Å². The SMILES string of the molecule is COC(=O)C(CNc1c(C)cccc1Cl)c1ccccc1. The Morgan fingerprint density at radius 3 is 2.52 bits per heavy atom. The summed E-state index contributed by atoms with van der Waals surface area (Å²) in [6.45, 7) is 2.41. The molecule has 2 rings (SSSR count). The molecule has 0 heterocycles. The minimum absolute atomic E-state index is 0.265. The monoisotopic (exact) mass is 303 g/mol. The van der Waals surface area contributed by atoms with Crippen molar-refractivity contribution < 1.29 is 9.53 Å². The van der Waals surface area contributed by atoms with E-state index in [2.05, 4.69) is 5.32 Å². The van der Waals surface area contributed by atoms with Gasteiger partial charge in [-0.2, -0.15) is 0 Å². The zero-order chi connectivity index (χ0) is 15.2. The Bertz CT molecular complexity index is 593. The fourth-order valence-corrected chi connectivity index (χ4v) is 2.51. The fourth-order valence-electron chi connectivity index (χ4n) is 2.22. The Hall–Kier alpha value is -2.00. The van der Waals surface area contributed by atoms with E-state index in [9.17, 15) is 4.79 Å². The average Bonchev–Trinajstić information content (AvgIpc) is 2.50. The van der Waals surface area contributed by atoms with Crippen LogP contribution < -0.4 is 5.32 Å². The van der Waals surface area contributed by atoms with Gasteiger partial charge < -0.3 is 10.1 Å². The molecule has 0 aliphatic rings. The van der Waals surface area contributed by atoms with Gasteiger partial charge in [-0.25, -0.2) is 0 Å². The topological polar surface area (TPSA) is 38.3 Å². The molecule has 110 valence electrons. The van der Waals surface area contributed by atoms with Crippen LogP contribution in [-0.4, -0.2) is 19.6 Å². The van der Waals surface area contributed by atoms with Gasteiger partial charge >= 0.3 is 5.97 Å². The summed E-state index contributed by atoms with van der Waals surface area (Å²) in [5, 5.41) is 3.91. The van der Waals surface area contributed by atoms with Crippen LogP contribution in [0.2, 0.25) is 5.02 Å². The van der Waals surface area contributed by atoms with Crippen LogP contribution in [0.5, 0.6) is 0 Å². The summed E-state index contributed by atoms with van der Waals surface area (Å²) < 4.78 is 4.90. The first-order valence-corrected chi connectivity index (χ1v) is 7.13. The van der Waals surface area contributed by atoms with Crippen molar-refractivity contribution in [3.63, 3.8) is 0 Å². The molecule has 0 aromatic heterocycles. The summed E-state index contributed by atoms with van der Waals surface area (Å²) in [5.74, 6) is -0.634. The maximum Gasteiger partial charge on any atom is 0.314 e. The first kappa shape index (κ1) is 15.4. The number of anilines is 1. The molecule has 4 heteroatoms. The van der Waals surface area contributed by atoms with Gasteiger partial charge in [-0.3, -0.25) is 4.79 Å². The van der Waals surface area contributed by atoms with Crippen molar-refractivity contribution in [2.75, 3.05) is 19.0 Å². The Morgan fingerprint density at radius 1 is 1.19 bits per heavy atom. The van der Waals surface area contributed by atoms with Crippen molar-refractivity contribution in [1.82, 2.24) is 0 Å². The highest BCUT2D eigenvalue weighted by molar-refractivity contribution is 6.33. The Balaban J connectivity index is 2.19. The number of ether oxygens (including phenoxy) is 1. The minimum Gasteiger partial charge on any atom is -0.468 e. The van der Waals surface area contributed by atoms with Crippen LogP contribution in [0.15, 0.2) is 48.5 Å². The van der Waals surface area contributed by atoms with E-state index < -0.39 is 0 Å². The number of halogens is 1. The molecule has 2 aromatic rings. The Morgan fingerprint density at radius 2 is 1.90 bits per heavy atom. The molecule has 21 heavy (non-hydrogen) atoms. The second-order valence-corrected chi connectivity index (χ2v) is 5.21. The third-order valence-electron chi connectivity index (χ3n) is 3.39. The maximum absolute atomic E-state index is 12.0. The van der Waals surface area contributed by atoms with Crippen molar-refractivity contribution in [1.29, 1.82) is 0 Å². The van der Waals surface area contributed by atoms with Gasteiger partial charge in [0.1, 0.15) is 0 Å². The van der Waals surface area contributed by atoms with Gasteiger partial charge in [0, 0.05) is 6.54 Å². The van der Waals surface area contributed by atoms with Crippen molar-refractivity contribution in [3.05, 3.63) is 64.7 Å². The van der Waals surface area contributed by atoms with Gasteiger partial charge in [-0.1, -0.05) is 54.1 Å². The molecule has 1 N–H and O–H groups in total. The van der Waals surface area contributed by atoms with Crippen LogP contribution in [0.4, 0.5) is 5.69 Å². The lowest BCUT2D eigenvalue weighted by Crippen LogP contribution is -2.22. The minimum atomic E-state index is -0.369. The normalized spacial score (nSPS) is 11.8. The lowest BCUT2D eigenvalue weighted by Gasteiger charge is -2.18. The highest BCUT2D eigenvalue weighted by Gasteiger charge is 2.21. The molecule has 0 fully saturated rings. The van der Waals surface area contributed by atoms with Crippen molar-refractivity contribution in [2.24, 2.45) is 0 Å². The molecule has 0 spiro atoms. The van der Waals surface area contributed by atoms with E-state index in [0.29, 0.717) is 11.6 Å². The largest absolute Gasteiger partial charge is 0.468 e. The van der Waals surface area contributed by atoms with E-state index in [1.807, 2.05) is 55.5 Å². The number of nitrogens with one attached hydrogen (secondary N) is 1. The molecule has 0 saturated carbocycles. The standard InChI is InChI=1S/C17H18ClNO2/c1-12-7-6-10-15(18)16(12)19-11-14(17(20)21-2)13-8-4-3-5-9-13/h3-10,14,19H,11H2,1-2H3. The number of carbonyl (C=O) groups excluding carboxylic acids is 1.